The van der Waals surface area contributed by atoms with Gasteiger partial charge in [0.15, 0.2) is 0 Å². The van der Waals surface area contributed by atoms with Crippen molar-refractivity contribution in [3.05, 3.63) is 0 Å². The van der Waals surface area contributed by atoms with Gasteiger partial charge in [0, 0.05) is 13.2 Å². The van der Waals surface area contributed by atoms with E-state index in [0.717, 1.165) is 25.7 Å². The van der Waals surface area contributed by atoms with Crippen LogP contribution in [0.5, 0.6) is 0 Å². The molecule has 0 aliphatic heterocycles. The summed E-state index contributed by atoms with van der Waals surface area (Å²) in [4.78, 5) is 13.4. The molecule has 0 fully saturated rings. The number of carbonyl (C=O) groups excluding carboxylic acids is 1. The molecule has 0 N–H and O–H groups in total. The summed E-state index contributed by atoms with van der Waals surface area (Å²) in [5, 5.41) is 0. The number of aliphatic imine (C=N–C) groups is 1. The molecule has 0 amide bonds. The van der Waals surface area contributed by atoms with Gasteiger partial charge in [0.05, 0.1) is 6.54 Å². The maximum absolute atomic E-state index is 9.89. The fraction of sp³-hybridized carbons (Fsp3) is 0.938. The third kappa shape index (κ3) is 12.9. The minimum Gasteiger partial charge on any atom is -0.395 e. The van der Waals surface area contributed by atoms with Gasteiger partial charge in [-0.1, -0.05) is 44.9 Å². The average Bonchev–Trinajstić information content (AvgIpc) is 2.45. The average molecular weight is 316 g/mol. The van der Waals surface area contributed by atoms with Crippen molar-refractivity contribution in [3.63, 3.8) is 0 Å². The van der Waals surface area contributed by atoms with Gasteiger partial charge in [-0.05, 0) is 32.9 Å². The van der Waals surface area contributed by atoms with E-state index in [-0.39, 0.29) is 0 Å². The van der Waals surface area contributed by atoms with Crippen molar-refractivity contribution in [1.82, 2.24) is 0 Å². The molecule has 0 bridgehead atoms. The molecule has 0 saturated carbocycles. The molecule has 0 rings (SSSR count). The largest absolute Gasteiger partial charge is 0.395 e. The maximum atomic E-state index is 9.89. The van der Waals surface area contributed by atoms with E-state index >= 15 is 0 Å². The molecule has 0 radical (unpaired) electrons. The quantitative estimate of drug-likeness (QED) is 0.192. The Bertz CT molecular complexity index is 275. The Morgan fingerprint density at radius 2 is 1.33 bits per heavy atom. The second-order valence-electron chi connectivity index (χ2n) is 5.55. The first-order chi connectivity index (χ1) is 10.2. The highest BCUT2D eigenvalue weighted by atomic mass is 28.4. The highest BCUT2D eigenvalue weighted by molar-refractivity contribution is 6.66. The fourth-order valence-corrected chi connectivity index (χ4v) is 5.03. The van der Waals surface area contributed by atoms with Crippen LogP contribution >= 0.6 is 0 Å². The third-order valence-corrected chi connectivity index (χ3v) is 6.68. The smallest absolute Gasteiger partial charge is 0.334 e. The SMILES string of the molecule is CCO[Si](C)(CCCCCCCCCCN=C=O)OCC. The molecule has 0 atom stereocenters. The van der Waals surface area contributed by atoms with Crippen molar-refractivity contribution >= 4 is 14.6 Å². The molecule has 0 aromatic heterocycles. The lowest BCUT2D eigenvalue weighted by atomic mass is 10.1. The van der Waals surface area contributed by atoms with E-state index in [0.29, 0.717) is 6.54 Å². The summed E-state index contributed by atoms with van der Waals surface area (Å²) in [5.41, 5.74) is 0. The zero-order chi connectivity index (χ0) is 15.8. The van der Waals surface area contributed by atoms with E-state index in [1.54, 1.807) is 6.08 Å². The van der Waals surface area contributed by atoms with Crippen LogP contribution in [0.1, 0.15) is 65.2 Å². The molecule has 0 spiro atoms. The number of nitrogens with zero attached hydrogens (tertiary/aromatic N) is 1. The minimum atomic E-state index is -1.89. The minimum absolute atomic E-state index is 0.640. The molecule has 0 saturated heterocycles. The number of rotatable bonds is 15. The summed E-state index contributed by atoms with van der Waals surface area (Å²) in [6, 6.07) is 1.11. The second kappa shape index (κ2) is 14.5. The van der Waals surface area contributed by atoms with Crippen molar-refractivity contribution in [2.45, 2.75) is 77.8 Å². The first-order valence-corrected chi connectivity index (χ1v) is 11.0. The number of hydrogen-bond donors (Lipinski definition) is 0. The van der Waals surface area contributed by atoms with Crippen LogP contribution in [0.2, 0.25) is 12.6 Å². The van der Waals surface area contributed by atoms with Crippen molar-refractivity contribution in [3.8, 4) is 0 Å². The van der Waals surface area contributed by atoms with Crippen LogP contribution in [0, 0.1) is 0 Å². The van der Waals surface area contributed by atoms with Crippen molar-refractivity contribution in [1.29, 1.82) is 0 Å². The molecule has 0 aromatic carbocycles. The molecule has 0 aliphatic carbocycles. The highest BCUT2D eigenvalue weighted by Crippen LogP contribution is 2.19. The molecule has 0 aliphatic rings. The first-order valence-electron chi connectivity index (χ1n) is 8.50. The molecule has 0 aromatic rings. The highest BCUT2D eigenvalue weighted by Gasteiger charge is 2.29. The molecule has 0 unspecified atom stereocenters. The molecule has 21 heavy (non-hydrogen) atoms. The summed E-state index contributed by atoms with van der Waals surface area (Å²) in [6.07, 6.45) is 11.4. The van der Waals surface area contributed by atoms with Gasteiger partial charge >= 0.3 is 8.56 Å². The van der Waals surface area contributed by atoms with Crippen LogP contribution in [0.3, 0.4) is 0 Å². The van der Waals surface area contributed by atoms with Crippen LogP contribution in [0.4, 0.5) is 0 Å². The summed E-state index contributed by atoms with van der Waals surface area (Å²) >= 11 is 0. The van der Waals surface area contributed by atoms with Crippen LogP contribution in [0.25, 0.3) is 0 Å². The molecule has 5 heteroatoms. The monoisotopic (exact) mass is 315 g/mol. The molecule has 4 nitrogen and oxygen atoms in total. The second-order valence-corrected chi connectivity index (χ2v) is 8.90. The van der Waals surface area contributed by atoms with Gasteiger partial charge in [-0.3, -0.25) is 0 Å². The van der Waals surface area contributed by atoms with E-state index in [1.807, 2.05) is 13.8 Å². The lowest BCUT2D eigenvalue weighted by molar-refractivity contribution is 0.188. The fourth-order valence-electron chi connectivity index (χ4n) is 2.54. The maximum Gasteiger partial charge on any atom is 0.334 e. The Hall–Kier alpha value is -0.483. The standard InChI is InChI=1S/C16H33NO3Si/c1-4-19-21(3,20-5-2)15-13-11-9-7-6-8-10-12-14-17-16-18/h4-15H2,1-3H3. The van der Waals surface area contributed by atoms with Crippen molar-refractivity contribution < 1.29 is 13.6 Å². The Morgan fingerprint density at radius 1 is 0.857 bits per heavy atom. The van der Waals surface area contributed by atoms with E-state index < -0.39 is 8.56 Å². The van der Waals surface area contributed by atoms with Gasteiger partial charge < -0.3 is 8.85 Å². The Labute approximate surface area is 131 Å². The third-order valence-electron chi connectivity index (χ3n) is 3.61. The molecule has 0 heterocycles. The Kier molecular flexibility index (Phi) is 14.1. The van der Waals surface area contributed by atoms with Crippen molar-refractivity contribution in [2.24, 2.45) is 4.99 Å². The van der Waals surface area contributed by atoms with Gasteiger partial charge in [0.25, 0.3) is 0 Å². The normalized spacial score (nSPS) is 11.4. The van der Waals surface area contributed by atoms with Crippen LogP contribution in [-0.4, -0.2) is 34.4 Å². The summed E-state index contributed by atoms with van der Waals surface area (Å²) in [6.45, 7) is 8.44. The van der Waals surface area contributed by atoms with Crippen molar-refractivity contribution in [2.75, 3.05) is 19.8 Å². The van der Waals surface area contributed by atoms with E-state index in [2.05, 4.69) is 11.5 Å². The van der Waals surface area contributed by atoms with Gasteiger partial charge in [-0.2, -0.15) is 0 Å². The van der Waals surface area contributed by atoms with E-state index in [9.17, 15) is 4.79 Å². The summed E-state index contributed by atoms with van der Waals surface area (Å²) < 4.78 is 11.7. The molecular formula is C16H33NO3Si. The lowest BCUT2D eigenvalue weighted by Gasteiger charge is -2.25. The topological polar surface area (TPSA) is 47.9 Å². The van der Waals surface area contributed by atoms with Gasteiger partial charge in [-0.15, -0.1) is 0 Å². The Morgan fingerprint density at radius 3 is 1.81 bits per heavy atom. The predicted octanol–water partition coefficient (Wildman–Crippen LogP) is 4.59. The Balaban J connectivity index is 3.43. The summed E-state index contributed by atoms with van der Waals surface area (Å²) in [5.74, 6) is 0. The number of hydrogen-bond acceptors (Lipinski definition) is 4. The molecular weight excluding hydrogens is 282 g/mol. The van der Waals surface area contributed by atoms with E-state index in [1.165, 1.54) is 44.9 Å². The van der Waals surface area contributed by atoms with Crippen LogP contribution in [0.15, 0.2) is 4.99 Å². The van der Waals surface area contributed by atoms with Gasteiger partial charge in [0.2, 0.25) is 6.08 Å². The summed E-state index contributed by atoms with van der Waals surface area (Å²) in [7, 11) is -1.89. The van der Waals surface area contributed by atoms with Gasteiger partial charge in [-0.25, -0.2) is 9.79 Å². The predicted molar refractivity (Wildman–Crippen MR) is 89.6 cm³/mol. The zero-order valence-electron chi connectivity index (χ0n) is 14.2. The lowest BCUT2D eigenvalue weighted by Crippen LogP contribution is -2.38. The van der Waals surface area contributed by atoms with Crippen LogP contribution < -0.4 is 0 Å². The van der Waals surface area contributed by atoms with E-state index in [4.69, 9.17) is 8.85 Å². The zero-order valence-corrected chi connectivity index (χ0v) is 15.2. The number of unbranched alkanes of at least 4 members (excludes halogenated alkanes) is 7. The van der Waals surface area contributed by atoms with Crippen LogP contribution in [-0.2, 0) is 13.6 Å². The molecule has 124 valence electrons. The first kappa shape index (κ1) is 20.5. The number of isocyanates is 1. The van der Waals surface area contributed by atoms with Gasteiger partial charge in [0.1, 0.15) is 0 Å².